The lowest BCUT2D eigenvalue weighted by Crippen LogP contribution is -2.47. The van der Waals surface area contributed by atoms with Gasteiger partial charge in [0.25, 0.3) is 0 Å². The van der Waals surface area contributed by atoms with Gasteiger partial charge in [-0.2, -0.15) is 0 Å². The third-order valence-corrected chi connectivity index (χ3v) is 5.36. The summed E-state index contributed by atoms with van der Waals surface area (Å²) in [4.78, 5) is 21.0. The molecule has 3 heterocycles. The predicted molar refractivity (Wildman–Crippen MR) is 88.9 cm³/mol. The van der Waals surface area contributed by atoms with Crippen LogP contribution in [0.1, 0.15) is 37.7 Å². The highest BCUT2D eigenvalue weighted by atomic mass is 16.5. The van der Waals surface area contributed by atoms with Gasteiger partial charge in [0.05, 0.1) is 6.61 Å². The molecule has 1 unspecified atom stereocenters. The maximum Gasteiger partial charge on any atom is 0.223 e. The van der Waals surface area contributed by atoms with Crippen LogP contribution in [0, 0.1) is 0 Å². The molecular formula is C18H27N3O2. The van der Waals surface area contributed by atoms with Gasteiger partial charge in [-0.25, -0.2) is 0 Å². The van der Waals surface area contributed by atoms with Crippen LogP contribution < -0.4 is 0 Å². The molecule has 0 aliphatic carbocycles. The van der Waals surface area contributed by atoms with Crippen molar-refractivity contribution in [2.45, 2.75) is 44.2 Å². The lowest BCUT2D eigenvalue weighted by molar-refractivity contribution is -0.132. The molecule has 2 saturated heterocycles. The molecular weight excluding hydrogens is 290 g/mol. The number of methoxy groups -OCH3 is 1. The summed E-state index contributed by atoms with van der Waals surface area (Å²) in [6, 6.07) is 4.18. The number of rotatable bonds is 5. The van der Waals surface area contributed by atoms with Gasteiger partial charge >= 0.3 is 0 Å². The van der Waals surface area contributed by atoms with Crippen molar-refractivity contribution in [3.05, 3.63) is 30.1 Å². The van der Waals surface area contributed by atoms with Crippen molar-refractivity contribution in [3.8, 4) is 0 Å². The zero-order valence-electron chi connectivity index (χ0n) is 14.0. The SMILES string of the molecule is COCCN1C(=O)CCC12CCCN(Cc1ccncc1)CC2. The second-order valence-corrected chi connectivity index (χ2v) is 6.75. The Balaban J connectivity index is 1.64. The van der Waals surface area contributed by atoms with E-state index < -0.39 is 0 Å². The Morgan fingerprint density at radius 3 is 2.83 bits per heavy atom. The Kier molecular flexibility index (Phi) is 5.28. The van der Waals surface area contributed by atoms with E-state index in [9.17, 15) is 4.79 Å². The van der Waals surface area contributed by atoms with Gasteiger partial charge in [-0.3, -0.25) is 14.7 Å². The van der Waals surface area contributed by atoms with Crippen molar-refractivity contribution in [1.29, 1.82) is 0 Å². The number of hydrogen-bond acceptors (Lipinski definition) is 4. The number of carbonyl (C=O) groups excluding carboxylic acids is 1. The first-order chi connectivity index (χ1) is 11.2. The smallest absolute Gasteiger partial charge is 0.223 e. The number of pyridine rings is 1. The molecule has 2 aliphatic rings. The van der Waals surface area contributed by atoms with E-state index >= 15 is 0 Å². The van der Waals surface area contributed by atoms with Crippen molar-refractivity contribution >= 4 is 5.91 Å². The van der Waals surface area contributed by atoms with Crippen LogP contribution in [0.5, 0.6) is 0 Å². The largest absolute Gasteiger partial charge is 0.383 e. The van der Waals surface area contributed by atoms with Crippen LogP contribution in [0.4, 0.5) is 0 Å². The molecule has 0 N–H and O–H groups in total. The maximum atomic E-state index is 12.3. The number of nitrogens with zero attached hydrogens (tertiary/aromatic N) is 3. The van der Waals surface area contributed by atoms with E-state index in [4.69, 9.17) is 4.74 Å². The minimum absolute atomic E-state index is 0.0720. The first kappa shape index (κ1) is 16.4. The fourth-order valence-corrected chi connectivity index (χ4v) is 4.08. The molecule has 5 heteroatoms. The first-order valence-corrected chi connectivity index (χ1v) is 8.64. The lowest BCUT2D eigenvalue weighted by atomic mass is 9.88. The second-order valence-electron chi connectivity index (χ2n) is 6.75. The molecule has 1 aromatic heterocycles. The predicted octanol–water partition coefficient (Wildman–Crippen LogP) is 2.08. The first-order valence-electron chi connectivity index (χ1n) is 8.64. The molecule has 1 spiro atoms. The molecule has 1 aromatic rings. The summed E-state index contributed by atoms with van der Waals surface area (Å²) in [5.74, 6) is 0.310. The molecule has 0 saturated carbocycles. The van der Waals surface area contributed by atoms with E-state index in [0.29, 0.717) is 18.9 Å². The quantitative estimate of drug-likeness (QED) is 0.834. The number of carbonyl (C=O) groups is 1. The summed E-state index contributed by atoms with van der Waals surface area (Å²) < 4.78 is 5.21. The topological polar surface area (TPSA) is 45.7 Å². The van der Waals surface area contributed by atoms with Gasteiger partial charge < -0.3 is 9.64 Å². The third-order valence-electron chi connectivity index (χ3n) is 5.36. The van der Waals surface area contributed by atoms with Gasteiger partial charge in [0, 0.05) is 51.1 Å². The zero-order chi connectivity index (χ0) is 16.1. The molecule has 2 aliphatic heterocycles. The molecule has 0 aromatic carbocycles. The second kappa shape index (κ2) is 7.41. The third kappa shape index (κ3) is 3.72. The highest BCUT2D eigenvalue weighted by molar-refractivity contribution is 5.79. The van der Waals surface area contributed by atoms with E-state index in [1.54, 1.807) is 7.11 Å². The number of likely N-dealkylation sites (tertiary alicyclic amines) is 2. The van der Waals surface area contributed by atoms with Crippen molar-refractivity contribution in [2.24, 2.45) is 0 Å². The summed E-state index contributed by atoms with van der Waals surface area (Å²) in [5.41, 5.74) is 1.39. The average molecular weight is 317 g/mol. The van der Waals surface area contributed by atoms with Crippen molar-refractivity contribution < 1.29 is 9.53 Å². The minimum Gasteiger partial charge on any atom is -0.383 e. The molecule has 126 valence electrons. The Morgan fingerprint density at radius 1 is 1.22 bits per heavy atom. The van der Waals surface area contributed by atoms with E-state index in [1.807, 2.05) is 12.4 Å². The van der Waals surface area contributed by atoms with Crippen LogP contribution in [-0.4, -0.2) is 59.6 Å². The summed E-state index contributed by atoms with van der Waals surface area (Å²) in [6.07, 6.45) is 8.78. The van der Waals surface area contributed by atoms with Gasteiger partial charge in [-0.15, -0.1) is 0 Å². The van der Waals surface area contributed by atoms with Gasteiger partial charge in [-0.1, -0.05) is 0 Å². The minimum atomic E-state index is 0.0720. The summed E-state index contributed by atoms with van der Waals surface area (Å²) in [5, 5.41) is 0. The van der Waals surface area contributed by atoms with E-state index in [1.165, 1.54) is 5.56 Å². The number of aromatic nitrogens is 1. The Morgan fingerprint density at radius 2 is 2.04 bits per heavy atom. The van der Waals surface area contributed by atoms with Crippen molar-refractivity contribution in [2.75, 3.05) is 33.4 Å². The average Bonchev–Trinajstić information content (AvgIpc) is 2.74. The maximum absolute atomic E-state index is 12.3. The number of ether oxygens (including phenoxy) is 1. The van der Waals surface area contributed by atoms with E-state index in [-0.39, 0.29) is 5.54 Å². The van der Waals surface area contributed by atoms with E-state index in [2.05, 4.69) is 26.9 Å². The fraction of sp³-hybridized carbons (Fsp3) is 0.667. The molecule has 5 nitrogen and oxygen atoms in total. The fourth-order valence-electron chi connectivity index (χ4n) is 4.08. The summed E-state index contributed by atoms with van der Waals surface area (Å²) >= 11 is 0. The van der Waals surface area contributed by atoms with Crippen LogP contribution in [0.25, 0.3) is 0 Å². The lowest BCUT2D eigenvalue weighted by Gasteiger charge is -2.38. The van der Waals surface area contributed by atoms with Gasteiger partial charge in [0.1, 0.15) is 0 Å². The van der Waals surface area contributed by atoms with Crippen molar-refractivity contribution in [3.63, 3.8) is 0 Å². The highest BCUT2D eigenvalue weighted by Gasteiger charge is 2.45. The van der Waals surface area contributed by atoms with Crippen molar-refractivity contribution in [1.82, 2.24) is 14.8 Å². The standard InChI is InChI=1S/C18H27N3O2/c1-23-14-13-21-17(22)3-7-18(21)6-2-11-20(12-8-18)15-16-4-9-19-10-5-16/h4-5,9-10H,2-3,6-8,11-15H2,1H3. The van der Waals surface area contributed by atoms with Crippen LogP contribution >= 0.6 is 0 Å². The van der Waals surface area contributed by atoms with Crippen LogP contribution in [-0.2, 0) is 16.1 Å². The van der Waals surface area contributed by atoms with E-state index in [0.717, 1.165) is 51.9 Å². The molecule has 23 heavy (non-hydrogen) atoms. The number of amides is 1. The summed E-state index contributed by atoms with van der Waals surface area (Å²) in [6.45, 7) is 4.51. The van der Waals surface area contributed by atoms with Crippen LogP contribution in [0.2, 0.25) is 0 Å². The highest BCUT2D eigenvalue weighted by Crippen LogP contribution is 2.39. The van der Waals surface area contributed by atoms with Gasteiger partial charge in [-0.05, 0) is 49.9 Å². The molecule has 0 bridgehead atoms. The summed E-state index contributed by atoms with van der Waals surface area (Å²) in [7, 11) is 1.71. The monoisotopic (exact) mass is 317 g/mol. The van der Waals surface area contributed by atoms with Crippen LogP contribution in [0.3, 0.4) is 0 Å². The molecule has 3 rings (SSSR count). The van der Waals surface area contributed by atoms with Gasteiger partial charge in [0.2, 0.25) is 5.91 Å². The van der Waals surface area contributed by atoms with Crippen LogP contribution in [0.15, 0.2) is 24.5 Å². The Bertz CT molecular complexity index is 522. The Labute approximate surface area is 138 Å². The molecule has 2 fully saturated rings. The molecule has 1 atom stereocenters. The molecule has 0 radical (unpaired) electrons. The molecule has 1 amide bonds. The Hall–Kier alpha value is -1.46. The normalized spacial score (nSPS) is 26.0. The number of hydrogen-bond donors (Lipinski definition) is 0. The van der Waals surface area contributed by atoms with Gasteiger partial charge in [0.15, 0.2) is 0 Å². The zero-order valence-corrected chi connectivity index (χ0v) is 14.0.